The van der Waals surface area contributed by atoms with E-state index in [0.29, 0.717) is 11.3 Å². The molecule has 0 amide bonds. The van der Waals surface area contributed by atoms with Gasteiger partial charge in [-0.05, 0) is 17.4 Å². The van der Waals surface area contributed by atoms with Crippen LogP contribution in [0.1, 0.15) is 105 Å². The van der Waals surface area contributed by atoms with E-state index in [1.54, 1.807) is 24.2 Å². The second kappa shape index (κ2) is 14.1. The molecule has 2 aromatic rings. The van der Waals surface area contributed by atoms with Crippen molar-refractivity contribution in [3.8, 4) is 11.1 Å². The summed E-state index contributed by atoms with van der Waals surface area (Å²) in [4.78, 5) is 0. The van der Waals surface area contributed by atoms with Crippen molar-refractivity contribution in [2.45, 2.75) is 100 Å². The molecule has 0 bridgehead atoms. The van der Waals surface area contributed by atoms with Crippen LogP contribution in [0.25, 0.3) is 11.1 Å². The maximum absolute atomic E-state index is 3.53. The van der Waals surface area contributed by atoms with E-state index in [1.807, 2.05) is 0 Å². The Kier molecular flexibility index (Phi) is 13.8. The van der Waals surface area contributed by atoms with Gasteiger partial charge in [0, 0.05) is 0 Å². The molecule has 0 heterocycles. The van der Waals surface area contributed by atoms with Gasteiger partial charge in [-0.25, -0.2) is 6.08 Å². The SMILES string of the molecule is CC(C)(C)c1c[c-]c2c(c1)-c1cc(C(C)(C)C)ccc1C2.CC1[C-]=CC(C(C)(C)C)=C1.C[C](C)=[Zr+2].[Cl-].[Cl-]. The zero-order valence-corrected chi connectivity index (χ0v) is 29.1. The Morgan fingerprint density at radius 2 is 1.32 bits per heavy atom. The molecule has 1 unspecified atom stereocenters. The van der Waals surface area contributed by atoms with Gasteiger partial charge in [0.2, 0.25) is 0 Å². The minimum absolute atomic E-state index is 0. The molecule has 1 atom stereocenters. The van der Waals surface area contributed by atoms with Gasteiger partial charge in [-0.15, -0.1) is 5.56 Å². The van der Waals surface area contributed by atoms with Gasteiger partial charge in [-0.1, -0.05) is 115 Å². The predicted molar refractivity (Wildman–Crippen MR) is 152 cm³/mol. The zero-order chi connectivity index (χ0) is 26.8. The molecule has 0 aromatic heterocycles. The number of halogens is 2. The first kappa shape index (κ1) is 36.3. The summed E-state index contributed by atoms with van der Waals surface area (Å²) in [5, 5.41) is 0. The number of benzene rings is 2. The fourth-order valence-electron chi connectivity index (χ4n) is 4.04. The quantitative estimate of drug-likeness (QED) is 0.340. The maximum atomic E-state index is 3.53. The summed E-state index contributed by atoms with van der Waals surface area (Å²) in [6.45, 7) is 26.7. The van der Waals surface area contributed by atoms with Gasteiger partial charge in [-0.2, -0.15) is 41.0 Å². The topological polar surface area (TPSA) is 0 Å². The van der Waals surface area contributed by atoms with E-state index < -0.39 is 0 Å². The van der Waals surface area contributed by atoms with Crippen molar-refractivity contribution in [1.29, 1.82) is 0 Å². The van der Waals surface area contributed by atoms with Gasteiger partial charge in [0.1, 0.15) is 0 Å². The molecule has 0 nitrogen and oxygen atoms in total. The Bertz CT molecular complexity index is 1050. The van der Waals surface area contributed by atoms with Gasteiger partial charge in [-0.3, -0.25) is 6.08 Å². The molecule has 0 saturated heterocycles. The zero-order valence-electron chi connectivity index (χ0n) is 25.1. The van der Waals surface area contributed by atoms with Gasteiger partial charge in [0.25, 0.3) is 0 Å². The van der Waals surface area contributed by atoms with Crippen LogP contribution in [-0.4, -0.2) is 3.21 Å². The number of fused-ring (bicyclic) bond motifs is 3. The normalized spacial score (nSPS) is 15.5. The van der Waals surface area contributed by atoms with Crippen molar-refractivity contribution in [2.75, 3.05) is 0 Å². The van der Waals surface area contributed by atoms with Crippen LogP contribution in [0.5, 0.6) is 0 Å². The third kappa shape index (κ3) is 10.7. The van der Waals surface area contributed by atoms with E-state index in [4.69, 9.17) is 0 Å². The summed E-state index contributed by atoms with van der Waals surface area (Å²) in [6, 6.07) is 15.1. The molecule has 2 aromatic carbocycles. The first-order valence-corrected chi connectivity index (χ1v) is 14.1. The van der Waals surface area contributed by atoms with Crippen LogP contribution in [0.2, 0.25) is 0 Å². The van der Waals surface area contributed by atoms with Crippen LogP contribution in [0.4, 0.5) is 0 Å². The molecule has 3 heteroatoms. The van der Waals surface area contributed by atoms with Gasteiger partial charge in [0.05, 0.1) is 0 Å². The van der Waals surface area contributed by atoms with Gasteiger partial charge < -0.3 is 24.8 Å². The monoisotopic (exact) mass is 614 g/mol. The second-order valence-electron chi connectivity index (χ2n) is 13.3. The number of hydrogen-bond donors (Lipinski definition) is 0. The van der Waals surface area contributed by atoms with E-state index in [-0.39, 0.29) is 35.6 Å². The molecule has 37 heavy (non-hydrogen) atoms. The molecule has 0 aliphatic heterocycles. The summed E-state index contributed by atoms with van der Waals surface area (Å²) in [6.07, 6.45) is 8.68. The third-order valence-corrected chi connectivity index (χ3v) is 6.32. The Balaban J connectivity index is 0.000000684. The average molecular weight is 617 g/mol. The van der Waals surface area contributed by atoms with Crippen molar-refractivity contribution < 1.29 is 49.0 Å². The second-order valence-corrected chi connectivity index (χ2v) is 15.8. The molecular weight excluding hydrogens is 571 g/mol. The van der Waals surface area contributed by atoms with Crippen LogP contribution < -0.4 is 24.8 Å². The van der Waals surface area contributed by atoms with E-state index in [9.17, 15) is 0 Å². The number of allylic oxidation sites excluding steroid dienone is 4. The summed E-state index contributed by atoms with van der Waals surface area (Å²) in [7, 11) is 0. The van der Waals surface area contributed by atoms with Crippen LogP contribution in [0.3, 0.4) is 0 Å². The molecule has 0 N–H and O–H groups in total. The molecule has 4 rings (SSSR count). The molecule has 0 saturated carbocycles. The molecule has 0 radical (unpaired) electrons. The Hall–Kier alpha value is -0.747. The third-order valence-electron chi connectivity index (χ3n) is 6.32. The van der Waals surface area contributed by atoms with Crippen LogP contribution >= 0.6 is 0 Å². The van der Waals surface area contributed by atoms with Crippen molar-refractivity contribution >= 4 is 3.21 Å². The van der Waals surface area contributed by atoms with Crippen molar-refractivity contribution in [3.63, 3.8) is 0 Å². The van der Waals surface area contributed by atoms with E-state index in [2.05, 4.69) is 138 Å². The average Bonchev–Trinajstić information content (AvgIpc) is 3.29. The summed E-state index contributed by atoms with van der Waals surface area (Å²) >= 11 is 1.55. The van der Waals surface area contributed by atoms with E-state index >= 15 is 0 Å². The van der Waals surface area contributed by atoms with E-state index in [0.717, 1.165) is 6.42 Å². The van der Waals surface area contributed by atoms with Crippen LogP contribution in [0.15, 0.2) is 48.1 Å². The summed E-state index contributed by atoms with van der Waals surface area (Å²) in [5.41, 5.74) is 10.5. The standard InChI is InChI=1S/C21H25.C10H15.C3H6.2ClH.Zr/c1-20(2,3)16-9-7-14-11-15-8-10-17(21(4,5)6)13-19(15)18(14)12-16;1-8-5-6-9(7-8)10(2,3)4;1-3-2;;;/h7,9-10,12-13H,11H2,1-6H3;6-8H,1-4H3;1-2H3;2*1H;/q2*-1;;;;+2/p-2. The largest absolute Gasteiger partial charge is 1.00 e. The minimum atomic E-state index is 0. The van der Waals surface area contributed by atoms with Crippen molar-refractivity contribution in [3.05, 3.63) is 82.5 Å². The summed E-state index contributed by atoms with van der Waals surface area (Å²) < 4.78 is 1.51. The van der Waals surface area contributed by atoms with Crippen molar-refractivity contribution in [1.82, 2.24) is 0 Å². The van der Waals surface area contributed by atoms with Gasteiger partial charge >= 0.3 is 41.3 Å². The first-order chi connectivity index (χ1) is 15.9. The van der Waals surface area contributed by atoms with Crippen molar-refractivity contribution in [2.24, 2.45) is 11.3 Å². The molecule has 0 fully saturated rings. The number of rotatable bonds is 0. The van der Waals surface area contributed by atoms with Gasteiger partial charge in [0.15, 0.2) is 0 Å². The maximum Gasteiger partial charge on any atom is -1.00 e. The summed E-state index contributed by atoms with van der Waals surface area (Å²) in [5.74, 6) is 0.522. The van der Waals surface area contributed by atoms with E-state index in [1.165, 1.54) is 42.2 Å². The smallest absolute Gasteiger partial charge is 1.00 e. The van der Waals surface area contributed by atoms with Crippen LogP contribution in [-0.2, 0) is 41.5 Å². The molecule has 0 spiro atoms. The predicted octanol–water partition coefficient (Wildman–Crippen LogP) is 3.37. The Morgan fingerprint density at radius 1 is 0.811 bits per heavy atom. The Morgan fingerprint density at radius 3 is 1.73 bits per heavy atom. The molecule has 202 valence electrons. The number of hydrogen-bond acceptors (Lipinski definition) is 0. The molecule has 2 aliphatic carbocycles. The van der Waals surface area contributed by atoms with Crippen LogP contribution in [0, 0.1) is 23.5 Å². The Labute approximate surface area is 256 Å². The first-order valence-electron chi connectivity index (χ1n) is 12.9. The fourth-order valence-corrected chi connectivity index (χ4v) is 4.04. The minimum Gasteiger partial charge on any atom is -1.00 e. The molecule has 2 aliphatic rings. The molecular formula is C34H46Cl2Zr-2. The fraction of sp³-hybridized carbons (Fsp3) is 0.500.